The highest BCUT2D eigenvalue weighted by molar-refractivity contribution is 7.71. The van der Waals surface area contributed by atoms with Gasteiger partial charge in [0.25, 0.3) is 5.69 Å². The number of fused-ring (bicyclic) bond motifs is 1. The van der Waals surface area contributed by atoms with Crippen LogP contribution in [0.15, 0.2) is 48.5 Å². The lowest BCUT2D eigenvalue weighted by molar-refractivity contribution is -0.384. The van der Waals surface area contributed by atoms with Crippen molar-refractivity contribution in [3.8, 4) is 0 Å². The highest BCUT2D eigenvalue weighted by Gasteiger charge is 2.21. The van der Waals surface area contributed by atoms with Crippen LogP contribution in [-0.4, -0.2) is 45.1 Å². The van der Waals surface area contributed by atoms with Gasteiger partial charge in [-0.1, -0.05) is 12.1 Å². The number of nitrogens with zero attached hydrogens (tertiary/aromatic N) is 5. The number of nitro benzene ring substituents is 1. The molecule has 29 heavy (non-hydrogen) atoms. The molecule has 2 aromatic carbocycles. The van der Waals surface area contributed by atoms with Crippen molar-refractivity contribution in [2.45, 2.75) is 13.2 Å². The molecule has 0 spiro atoms. The summed E-state index contributed by atoms with van der Waals surface area (Å²) in [7, 11) is 0. The molecule has 1 fully saturated rings. The third-order valence-electron chi connectivity index (χ3n) is 5.20. The van der Waals surface area contributed by atoms with Crippen LogP contribution < -0.4 is 4.90 Å². The van der Waals surface area contributed by atoms with Crippen LogP contribution >= 0.6 is 12.2 Å². The zero-order chi connectivity index (χ0) is 20.5. The zero-order valence-corrected chi connectivity index (χ0v) is 16.3. The largest absolute Gasteiger partial charge is 0.369 e. The average molecular weight is 419 g/mol. The molecular weight excluding hydrogens is 400 g/mol. The topological polar surface area (TPSA) is 59.5 Å². The predicted octanol–water partition coefficient (Wildman–Crippen LogP) is 4.26. The summed E-state index contributed by atoms with van der Waals surface area (Å²) in [6.07, 6.45) is 0. The molecule has 7 nitrogen and oxygen atoms in total. The molecule has 10 heteroatoms. The van der Waals surface area contributed by atoms with Crippen molar-refractivity contribution in [2.24, 2.45) is 0 Å². The van der Waals surface area contributed by atoms with Crippen molar-refractivity contribution in [1.29, 1.82) is 0 Å². The lowest BCUT2D eigenvalue weighted by Crippen LogP contribution is -2.46. The van der Waals surface area contributed by atoms with E-state index >= 15 is 0 Å². The summed E-state index contributed by atoms with van der Waals surface area (Å²) in [5, 5.41) is 10.8. The molecule has 0 bridgehead atoms. The summed E-state index contributed by atoms with van der Waals surface area (Å²) in [6, 6.07) is 13.5. The minimum atomic E-state index is -2.69. The van der Waals surface area contributed by atoms with E-state index in [0.29, 0.717) is 17.7 Å². The van der Waals surface area contributed by atoms with Gasteiger partial charge in [-0.3, -0.25) is 19.6 Å². The summed E-state index contributed by atoms with van der Waals surface area (Å²) >= 11 is 5.32. The van der Waals surface area contributed by atoms with Gasteiger partial charge in [0.2, 0.25) is 0 Å². The Hall–Kier alpha value is -2.85. The van der Waals surface area contributed by atoms with Gasteiger partial charge in [0.1, 0.15) is 0 Å². The van der Waals surface area contributed by atoms with Gasteiger partial charge < -0.3 is 9.47 Å². The second-order valence-corrected chi connectivity index (χ2v) is 7.23. The molecule has 1 aliphatic rings. The van der Waals surface area contributed by atoms with E-state index in [1.54, 1.807) is 34.9 Å². The summed E-state index contributed by atoms with van der Waals surface area (Å²) < 4.78 is 29.7. The van der Waals surface area contributed by atoms with Crippen LogP contribution in [0.5, 0.6) is 0 Å². The average Bonchev–Trinajstić information content (AvgIpc) is 3.00. The van der Waals surface area contributed by atoms with E-state index in [9.17, 15) is 18.9 Å². The highest BCUT2D eigenvalue weighted by atomic mass is 32.1. The third kappa shape index (κ3) is 3.73. The van der Waals surface area contributed by atoms with Crippen molar-refractivity contribution in [3.63, 3.8) is 0 Å². The maximum atomic E-state index is 13.5. The van der Waals surface area contributed by atoms with Crippen LogP contribution in [0.4, 0.5) is 20.2 Å². The molecule has 0 aliphatic carbocycles. The van der Waals surface area contributed by atoms with Gasteiger partial charge in [-0.2, -0.15) is 8.78 Å². The molecule has 2 heterocycles. The van der Waals surface area contributed by atoms with Crippen LogP contribution in [0.1, 0.15) is 6.55 Å². The first-order chi connectivity index (χ1) is 14.0. The van der Waals surface area contributed by atoms with E-state index in [4.69, 9.17) is 12.2 Å². The van der Waals surface area contributed by atoms with Gasteiger partial charge in [-0.05, 0) is 36.5 Å². The molecule has 0 radical (unpaired) electrons. The monoisotopic (exact) mass is 419 g/mol. The molecule has 0 unspecified atom stereocenters. The maximum absolute atomic E-state index is 13.5. The first kappa shape index (κ1) is 19.5. The summed E-state index contributed by atoms with van der Waals surface area (Å²) in [4.78, 5) is 14.7. The number of non-ortho nitro benzene ring substituents is 1. The van der Waals surface area contributed by atoms with E-state index in [1.165, 1.54) is 12.1 Å². The molecule has 4 rings (SSSR count). The smallest absolute Gasteiger partial charge is 0.321 e. The molecule has 0 amide bonds. The van der Waals surface area contributed by atoms with Crippen LogP contribution in [0, 0.1) is 14.9 Å². The number of hydrogen-bond acceptors (Lipinski definition) is 5. The Kier molecular flexibility index (Phi) is 5.29. The summed E-state index contributed by atoms with van der Waals surface area (Å²) in [5.74, 6) is 0. The fraction of sp³-hybridized carbons (Fsp3) is 0.316. The van der Waals surface area contributed by atoms with E-state index < -0.39 is 11.5 Å². The van der Waals surface area contributed by atoms with Gasteiger partial charge in [0.15, 0.2) is 4.77 Å². The number of nitro groups is 1. The lowest BCUT2D eigenvalue weighted by Gasteiger charge is -2.36. The molecular formula is C19H19F2N5O2S. The number of hydrogen-bond donors (Lipinski definition) is 0. The first-order valence-corrected chi connectivity index (χ1v) is 9.56. The SMILES string of the molecule is O=[N+]([O-])c1ccc(N2CCN(Cn3c(=S)n(C(F)F)c4ccccc43)CC2)cc1. The first-order valence-electron chi connectivity index (χ1n) is 9.15. The van der Waals surface area contributed by atoms with Gasteiger partial charge in [-0.15, -0.1) is 0 Å². The van der Waals surface area contributed by atoms with Crippen molar-refractivity contribution in [2.75, 3.05) is 31.1 Å². The second kappa shape index (κ2) is 7.88. The van der Waals surface area contributed by atoms with E-state index in [2.05, 4.69) is 9.80 Å². The number of halogens is 2. The van der Waals surface area contributed by atoms with Crippen molar-refractivity contribution < 1.29 is 13.7 Å². The Morgan fingerprint density at radius 2 is 1.62 bits per heavy atom. The molecule has 152 valence electrons. The second-order valence-electron chi connectivity index (χ2n) is 6.87. The number of benzene rings is 2. The fourth-order valence-electron chi connectivity index (χ4n) is 3.69. The third-order valence-corrected chi connectivity index (χ3v) is 5.62. The van der Waals surface area contributed by atoms with Gasteiger partial charge in [0, 0.05) is 44.0 Å². The minimum absolute atomic E-state index is 0.0668. The Balaban J connectivity index is 1.48. The molecule has 1 saturated heterocycles. The number of imidazole rings is 1. The molecule has 1 aliphatic heterocycles. The fourth-order valence-corrected chi connectivity index (χ4v) is 4.02. The number of piperazine rings is 1. The molecule has 1 aromatic heterocycles. The van der Waals surface area contributed by atoms with Crippen molar-refractivity contribution in [3.05, 3.63) is 63.4 Å². The predicted molar refractivity (Wildman–Crippen MR) is 109 cm³/mol. The van der Waals surface area contributed by atoms with Crippen LogP contribution in [0.3, 0.4) is 0 Å². The van der Waals surface area contributed by atoms with Crippen LogP contribution in [0.25, 0.3) is 11.0 Å². The Morgan fingerprint density at radius 1 is 1.00 bits per heavy atom. The number of rotatable bonds is 5. The van der Waals surface area contributed by atoms with Gasteiger partial charge in [-0.25, -0.2) is 0 Å². The highest BCUT2D eigenvalue weighted by Crippen LogP contribution is 2.25. The van der Waals surface area contributed by atoms with Crippen molar-refractivity contribution >= 4 is 34.6 Å². The number of anilines is 1. The quantitative estimate of drug-likeness (QED) is 0.351. The van der Waals surface area contributed by atoms with E-state index in [-0.39, 0.29) is 10.5 Å². The zero-order valence-electron chi connectivity index (χ0n) is 15.4. The van der Waals surface area contributed by atoms with Crippen LogP contribution in [-0.2, 0) is 6.67 Å². The normalized spacial score (nSPS) is 15.3. The van der Waals surface area contributed by atoms with Crippen LogP contribution in [0.2, 0.25) is 0 Å². The maximum Gasteiger partial charge on any atom is 0.321 e. The number of para-hydroxylation sites is 2. The number of alkyl halides is 2. The van der Waals surface area contributed by atoms with Gasteiger partial charge in [0.05, 0.1) is 22.6 Å². The number of aromatic nitrogens is 2. The van der Waals surface area contributed by atoms with Crippen molar-refractivity contribution in [1.82, 2.24) is 14.0 Å². The van der Waals surface area contributed by atoms with Gasteiger partial charge >= 0.3 is 6.55 Å². The summed E-state index contributed by atoms with van der Waals surface area (Å²) in [6.45, 7) is 0.678. The minimum Gasteiger partial charge on any atom is -0.369 e. The molecule has 0 saturated carbocycles. The standard InChI is InChI=1S/C19H19F2N5O2S/c20-18(21)25-17-4-2-1-3-16(17)24(19(25)29)13-22-9-11-23(12-10-22)14-5-7-15(8-6-14)26(27)28/h1-8,18H,9-13H2. The van der Waals surface area contributed by atoms with E-state index in [0.717, 1.165) is 36.4 Å². The molecule has 0 N–H and O–H groups in total. The summed E-state index contributed by atoms with van der Waals surface area (Å²) in [5.41, 5.74) is 2.12. The molecule has 0 atom stereocenters. The van der Waals surface area contributed by atoms with E-state index in [1.807, 2.05) is 6.07 Å². The Morgan fingerprint density at radius 3 is 2.21 bits per heavy atom. The lowest BCUT2D eigenvalue weighted by atomic mass is 10.2. The molecule has 3 aromatic rings. The Labute approximate surface area is 170 Å². The Bertz CT molecular complexity index is 1090.